The molecule has 7 heteroatoms. The summed E-state index contributed by atoms with van der Waals surface area (Å²) in [5.74, 6) is -0.244. The van der Waals surface area contributed by atoms with E-state index in [4.69, 9.17) is 0 Å². The number of rotatable bonds is 3. The first-order valence-corrected chi connectivity index (χ1v) is 5.35. The smallest absolute Gasteiger partial charge is 0.274 e. The zero-order valence-electron chi connectivity index (χ0n) is 10.1. The van der Waals surface area contributed by atoms with Crippen molar-refractivity contribution < 1.29 is 4.79 Å². The number of nitrogens with zero attached hydrogens (tertiary/aromatic N) is 4. The van der Waals surface area contributed by atoms with Crippen LogP contribution in [0.3, 0.4) is 0 Å². The van der Waals surface area contributed by atoms with Crippen LogP contribution < -0.4 is 5.56 Å². The number of carbonyl (C=O) groups excluding carboxylic acids is 1. The van der Waals surface area contributed by atoms with E-state index >= 15 is 0 Å². The summed E-state index contributed by atoms with van der Waals surface area (Å²) in [5.41, 5.74) is 0.891. The molecule has 0 fully saturated rings. The van der Waals surface area contributed by atoms with E-state index < -0.39 is 0 Å². The van der Waals surface area contributed by atoms with Gasteiger partial charge in [0.05, 0.1) is 6.20 Å². The second-order valence-electron chi connectivity index (χ2n) is 3.95. The van der Waals surface area contributed by atoms with Gasteiger partial charge in [0.1, 0.15) is 5.69 Å². The molecule has 0 bridgehead atoms. The highest BCUT2D eigenvalue weighted by molar-refractivity contribution is 5.91. The van der Waals surface area contributed by atoms with Gasteiger partial charge < -0.3 is 4.90 Å². The molecule has 1 amide bonds. The summed E-state index contributed by atoms with van der Waals surface area (Å²) in [6, 6.07) is 2.75. The van der Waals surface area contributed by atoms with Crippen LogP contribution in [0.25, 0.3) is 0 Å². The topological polar surface area (TPSA) is 83.9 Å². The molecule has 7 nitrogen and oxygen atoms in total. The van der Waals surface area contributed by atoms with E-state index in [1.807, 2.05) is 0 Å². The fraction of sp³-hybridized carbons (Fsp3) is 0.273. The number of aromatic amines is 1. The molecular formula is C11H13N5O2. The SMILES string of the molecule is CN(Cc1cn[nH]c1)C(=O)c1ccc(=O)n(C)n1. The van der Waals surface area contributed by atoms with Gasteiger partial charge in [-0.1, -0.05) is 0 Å². The van der Waals surface area contributed by atoms with E-state index in [-0.39, 0.29) is 17.2 Å². The normalized spacial score (nSPS) is 10.3. The summed E-state index contributed by atoms with van der Waals surface area (Å²) in [6.07, 6.45) is 3.37. The van der Waals surface area contributed by atoms with E-state index in [1.54, 1.807) is 19.4 Å². The molecule has 0 radical (unpaired) electrons. The Hall–Kier alpha value is -2.44. The highest BCUT2D eigenvalue weighted by Crippen LogP contribution is 2.03. The summed E-state index contributed by atoms with van der Waals surface area (Å²) in [6.45, 7) is 0.430. The number of hydrogen-bond donors (Lipinski definition) is 1. The third kappa shape index (κ3) is 2.45. The Bertz CT molecular complexity index is 602. The lowest BCUT2D eigenvalue weighted by Gasteiger charge is -2.15. The molecule has 18 heavy (non-hydrogen) atoms. The largest absolute Gasteiger partial charge is 0.336 e. The van der Waals surface area contributed by atoms with Crippen molar-refractivity contribution >= 4 is 5.91 Å². The van der Waals surface area contributed by atoms with Crippen LogP contribution in [0, 0.1) is 0 Å². The minimum absolute atomic E-state index is 0.239. The zero-order chi connectivity index (χ0) is 13.1. The third-order valence-corrected chi connectivity index (χ3v) is 2.50. The van der Waals surface area contributed by atoms with Crippen molar-refractivity contribution in [1.29, 1.82) is 0 Å². The van der Waals surface area contributed by atoms with E-state index in [2.05, 4.69) is 15.3 Å². The summed E-state index contributed by atoms with van der Waals surface area (Å²) >= 11 is 0. The number of nitrogens with one attached hydrogen (secondary N) is 1. The molecule has 0 spiro atoms. The van der Waals surface area contributed by atoms with Crippen LogP contribution >= 0.6 is 0 Å². The summed E-state index contributed by atoms with van der Waals surface area (Å²) < 4.78 is 1.14. The van der Waals surface area contributed by atoms with Crippen LogP contribution in [0.2, 0.25) is 0 Å². The average Bonchev–Trinajstić information content (AvgIpc) is 2.84. The molecular weight excluding hydrogens is 234 g/mol. The molecule has 2 aromatic heterocycles. The van der Waals surface area contributed by atoms with Crippen LogP contribution in [0.15, 0.2) is 29.3 Å². The molecule has 0 unspecified atom stereocenters. The molecule has 94 valence electrons. The maximum absolute atomic E-state index is 12.1. The van der Waals surface area contributed by atoms with Gasteiger partial charge in [-0.3, -0.25) is 14.7 Å². The van der Waals surface area contributed by atoms with Crippen molar-refractivity contribution in [1.82, 2.24) is 24.9 Å². The highest BCUT2D eigenvalue weighted by Gasteiger charge is 2.14. The Morgan fingerprint density at radius 2 is 2.28 bits per heavy atom. The number of hydrogen-bond acceptors (Lipinski definition) is 4. The molecule has 0 aliphatic carbocycles. The highest BCUT2D eigenvalue weighted by atomic mass is 16.2. The Morgan fingerprint density at radius 3 is 2.89 bits per heavy atom. The van der Waals surface area contributed by atoms with Crippen molar-refractivity contribution in [2.45, 2.75) is 6.54 Å². The molecule has 0 saturated heterocycles. The number of carbonyl (C=O) groups is 1. The lowest BCUT2D eigenvalue weighted by Crippen LogP contribution is -2.29. The standard InChI is InChI=1S/C11H13N5O2/c1-15(7-8-5-12-13-6-8)11(18)9-3-4-10(17)16(2)14-9/h3-6H,7H2,1-2H3,(H,12,13). The van der Waals surface area contributed by atoms with Gasteiger partial charge in [0.2, 0.25) is 0 Å². The maximum atomic E-state index is 12.1. The number of H-pyrrole nitrogens is 1. The van der Waals surface area contributed by atoms with Crippen molar-refractivity contribution in [2.24, 2.45) is 7.05 Å². The number of aryl methyl sites for hydroxylation is 1. The Morgan fingerprint density at radius 1 is 1.50 bits per heavy atom. The van der Waals surface area contributed by atoms with Gasteiger partial charge in [-0.25, -0.2) is 4.68 Å². The van der Waals surface area contributed by atoms with Crippen molar-refractivity contribution in [2.75, 3.05) is 7.05 Å². The van der Waals surface area contributed by atoms with Gasteiger partial charge in [-0.2, -0.15) is 10.2 Å². The maximum Gasteiger partial charge on any atom is 0.274 e. The summed E-state index contributed by atoms with van der Waals surface area (Å²) in [4.78, 5) is 24.7. The molecule has 0 aliphatic rings. The van der Waals surface area contributed by atoms with Crippen molar-refractivity contribution in [3.8, 4) is 0 Å². The van der Waals surface area contributed by atoms with Gasteiger partial charge in [0.15, 0.2) is 0 Å². The second kappa shape index (κ2) is 4.82. The predicted molar refractivity (Wildman–Crippen MR) is 63.9 cm³/mol. The van der Waals surface area contributed by atoms with Gasteiger partial charge in [-0.05, 0) is 6.07 Å². The van der Waals surface area contributed by atoms with E-state index in [0.29, 0.717) is 6.54 Å². The quantitative estimate of drug-likeness (QED) is 0.812. The molecule has 0 saturated carbocycles. The monoisotopic (exact) mass is 247 g/mol. The van der Waals surface area contributed by atoms with Crippen LogP contribution in [0.4, 0.5) is 0 Å². The first-order valence-electron chi connectivity index (χ1n) is 5.35. The minimum Gasteiger partial charge on any atom is -0.336 e. The summed E-state index contributed by atoms with van der Waals surface area (Å²) in [5, 5.41) is 10.4. The molecule has 0 aliphatic heterocycles. The number of amides is 1. The fourth-order valence-electron chi connectivity index (χ4n) is 1.52. The third-order valence-electron chi connectivity index (χ3n) is 2.50. The van der Waals surface area contributed by atoms with Gasteiger partial charge >= 0.3 is 0 Å². The van der Waals surface area contributed by atoms with Gasteiger partial charge in [0, 0.05) is 38.5 Å². The molecule has 0 aromatic carbocycles. The second-order valence-corrected chi connectivity index (χ2v) is 3.95. The Labute approximate surface area is 103 Å². The van der Waals surface area contributed by atoms with Crippen molar-refractivity contribution in [3.05, 3.63) is 46.1 Å². The molecule has 2 rings (SSSR count). The average molecular weight is 247 g/mol. The van der Waals surface area contributed by atoms with Crippen LogP contribution in [-0.4, -0.2) is 37.8 Å². The molecule has 0 atom stereocenters. The molecule has 2 heterocycles. The van der Waals surface area contributed by atoms with Crippen molar-refractivity contribution in [3.63, 3.8) is 0 Å². The Balaban J connectivity index is 2.15. The number of aromatic nitrogens is 4. The Kier molecular flexibility index (Phi) is 3.22. The fourth-order valence-corrected chi connectivity index (χ4v) is 1.52. The summed E-state index contributed by atoms with van der Waals surface area (Å²) in [7, 11) is 3.18. The van der Waals surface area contributed by atoms with Gasteiger partial charge in [-0.15, -0.1) is 0 Å². The van der Waals surface area contributed by atoms with Crippen LogP contribution in [0.1, 0.15) is 16.1 Å². The van der Waals surface area contributed by atoms with E-state index in [1.165, 1.54) is 24.1 Å². The molecule has 1 N–H and O–H groups in total. The van der Waals surface area contributed by atoms with Gasteiger partial charge in [0.25, 0.3) is 11.5 Å². The van der Waals surface area contributed by atoms with Crippen LogP contribution in [0.5, 0.6) is 0 Å². The zero-order valence-corrected chi connectivity index (χ0v) is 10.1. The van der Waals surface area contributed by atoms with Crippen LogP contribution in [-0.2, 0) is 13.6 Å². The molecule has 2 aromatic rings. The lowest BCUT2D eigenvalue weighted by molar-refractivity contribution is 0.0776. The first kappa shape index (κ1) is 12.0. The first-order chi connectivity index (χ1) is 8.58. The predicted octanol–water partition coefficient (Wildman–Crippen LogP) is -0.224. The minimum atomic E-state index is -0.246. The van der Waals surface area contributed by atoms with E-state index in [9.17, 15) is 9.59 Å². The van der Waals surface area contributed by atoms with E-state index in [0.717, 1.165) is 10.2 Å². The lowest BCUT2D eigenvalue weighted by atomic mass is 10.3.